The highest BCUT2D eigenvalue weighted by molar-refractivity contribution is 5.75. The summed E-state index contributed by atoms with van der Waals surface area (Å²) in [7, 11) is 0. The Bertz CT molecular complexity index is 1160. The molecule has 9 nitrogen and oxygen atoms in total. The highest BCUT2D eigenvalue weighted by atomic mass is 16.5. The van der Waals surface area contributed by atoms with Crippen LogP contribution < -0.4 is 15.8 Å². The van der Waals surface area contributed by atoms with Gasteiger partial charge in [0.1, 0.15) is 6.10 Å². The average Bonchev–Trinajstić information content (AvgIpc) is 3.53. The smallest absolute Gasteiger partial charge is 0.317 e. The van der Waals surface area contributed by atoms with Crippen molar-refractivity contribution in [3.8, 4) is 17.0 Å². The number of hydrogen-bond donors (Lipinski definition) is 2. The van der Waals surface area contributed by atoms with Gasteiger partial charge < -0.3 is 20.7 Å². The van der Waals surface area contributed by atoms with Crippen LogP contribution in [0.3, 0.4) is 0 Å². The summed E-state index contributed by atoms with van der Waals surface area (Å²) >= 11 is 0. The van der Waals surface area contributed by atoms with E-state index in [1.165, 1.54) is 5.69 Å². The number of nitrogen functional groups attached to an aromatic ring is 1. The van der Waals surface area contributed by atoms with Crippen LogP contribution in [0.25, 0.3) is 11.3 Å². The van der Waals surface area contributed by atoms with E-state index in [2.05, 4.69) is 26.0 Å². The van der Waals surface area contributed by atoms with Gasteiger partial charge in [0.25, 0.3) is 0 Å². The normalized spacial score (nSPS) is 20.1. The van der Waals surface area contributed by atoms with Crippen LogP contribution in [-0.2, 0) is 12.0 Å². The van der Waals surface area contributed by atoms with Crippen LogP contribution in [0.15, 0.2) is 42.7 Å². The topological polar surface area (TPSA) is 111 Å². The largest absolute Gasteiger partial charge is 0.481 e. The molecule has 33 heavy (non-hydrogen) atoms. The summed E-state index contributed by atoms with van der Waals surface area (Å²) in [6.45, 7) is 6.85. The molecule has 2 aliphatic heterocycles. The number of carbonyl (C=O) groups is 1. The lowest BCUT2D eigenvalue weighted by Crippen LogP contribution is -2.40. The lowest BCUT2D eigenvalue weighted by atomic mass is 9.82. The molecule has 1 fully saturated rings. The molecule has 9 heteroatoms. The van der Waals surface area contributed by atoms with Crippen LogP contribution in [0.1, 0.15) is 44.2 Å². The number of nitrogens with one attached hydrogen (secondary N) is 1. The number of ether oxygens (including phenoxy) is 1. The molecule has 1 spiro atoms. The first-order chi connectivity index (χ1) is 16.0. The molecule has 3 aromatic heterocycles. The summed E-state index contributed by atoms with van der Waals surface area (Å²) in [4.78, 5) is 23.0. The number of fused-ring (bicyclic) bond motifs is 2. The van der Waals surface area contributed by atoms with E-state index in [1.807, 2.05) is 43.0 Å². The fourth-order valence-electron chi connectivity index (χ4n) is 4.88. The van der Waals surface area contributed by atoms with Crippen molar-refractivity contribution in [2.45, 2.75) is 44.8 Å². The second-order valence-corrected chi connectivity index (χ2v) is 8.80. The molecule has 5 rings (SSSR count). The van der Waals surface area contributed by atoms with Gasteiger partial charge in [-0.05, 0) is 51.0 Å². The van der Waals surface area contributed by atoms with Crippen molar-refractivity contribution in [1.82, 2.24) is 30.0 Å². The van der Waals surface area contributed by atoms with E-state index in [9.17, 15) is 4.79 Å². The number of nitrogens with two attached hydrogens (primary N) is 1. The molecule has 2 atom stereocenters. The summed E-state index contributed by atoms with van der Waals surface area (Å²) in [5.41, 5.74) is 9.76. The summed E-state index contributed by atoms with van der Waals surface area (Å²) in [5, 5.41) is 7.76. The number of urea groups is 1. The minimum Gasteiger partial charge on any atom is -0.481 e. The maximum atomic E-state index is 12.3. The van der Waals surface area contributed by atoms with Crippen molar-refractivity contribution in [2.75, 3.05) is 25.4 Å². The predicted molar refractivity (Wildman–Crippen MR) is 125 cm³/mol. The van der Waals surface area contributed by atoms with Crippen molar-refractivity contribution in [3.63, 3.8) is 0 Å². The number of pyridine rings is 2. The zero-order valence-corrected chi connectivity index (χ0v) is 19.0. The molecule has 0 bridgehead atoms. The average molecular weight is 448 g/mol. The quantitative estimate of drug-likeness (QED) is 0.622. The van der Waals surface area contributed by atoms with Crippen LogP contribution in [0.4, 0.5) is 10.6 Å². The van der Waals surface area contributed by atoms with Gasteiger partial charge >= 0.3 is 6.03 Å². The Morgan fingerprint density at radius 1 is 1.27 bits per heavy atom. The second kappa shape index (κ2) is 8.38. The first-order valence-electron chi connectivity index (χ1n) is 11.4. The molecule has 0 saturated carbocycles. The van der Waals surface area contributed by atoms with Crippen molar-refractivity contribution in [2.24, 2.45) is 0 Å². The van der Waals surface area contributed by atoms with E-state index in [4.69, 9.17) is 15.6 Å². The highest BCUT2D eigenvalue weighted by Crippen LogP contribution is 2.44. The Kier molecular flexibility index (Phi) is 5.39. The number of carbonyl (C=O) groups excluding carboxylic acids is 1. The highest BCUT2D eigenvalue weighted by Gasteiger charge is 2.46. The van der Waals surface area contributed by atoms with Crippen molar-refractivity contribution in [1.29, 1.82) is 0 Å². The number of aromatic nitrogens is 4. The third-order valence-electron chi connectivity index (χ3n) is 6.68. The Hall–Kier alpha value is -3.62. The molecule has 172 valence electrons. The standard InChI is InChI=1S/C24H29N7O2/c1-3-26-23(32)30-10-7-24(15-30)8-11-31-21(24)13-19(29-31)17-12-20(22(25)28-14-17)33-16(2)18-6-4-5-9-27-18/h4-6,9,12-14,16H,3,7-8,10-11,15H2,1-2H3,(H2,25,28)(H,26,32). The molecule has 3 N–H and O–H groups in total. The van der Waals surface area contributed by atoms with E-state index in [0.717, 1.165) is 49.4 Å². The van der Waals surface area contributed by atoms with Gasteiger partial charge in [-0.1, -0.05) is 6.07 Å². The summed E-state index contributed by atoms with van der Waals surface area (Å²) in [5.74, 6) is 0.843. The molecule has 1 saturated heterocycles. The first kappa shape index (κ1) is 21.2. The van der Waals surface area contributed by atoms with Gasteiger partial charge in [0.15, 0.2) is 11.6 Å². The Morgan fingerprint density at radius 3 is 2.91 bits per heavy atom. The molecule has 0 aromatic carbocycles. The van der Waals surface area contributed by atoms with Gasteiger partial charge in [0.2, 0.25) is 0 Å². The number of amides is 2. The van der Waals surface area contributed by atoms with Crippen LogP contribution in [0.5, 0.6) is 5.75 Å². The van der Waals surface area contributed by atoms with Crippen molar-refractivity contribution >= 4 is 11.8 Å². The maximum absolute atomic E-state index is 12.3. The zero-order chi connectivity index (χ0) is 23.0. The molecule has 2 unspecified atom stereocenters. The van der Waals surface area contributed by atoms with Crippen LogP contribution in [0.2, 0.25) is 0 Å². The first-order valence-corrected chi connectivity index (χ1v) is 11.4. The van der Waals surface area contributed by atoms with Gasteiger partial charge in [0.05, 0.1) is 11.4 Å². The third kappa shape index (κ3) is 3.88. The molecular formula is C24H29N7O2. The van der Waals surface area contributed by atoms with Crippen molar-refractivity contribution in [3.05, 3.63) is 54.1 Å². The molecular weight excluding hydrogens is 418 g/mol. The molecule has 2 amide bonds. The monoisotopic (exact) mass is 447 g/mol. The lowest BCUT2D eigenvalue weighted by molar-refractivity contribution is 0.206. The SMILES string of the molecule is CCNC(=O)N1CCC2(CCn3nc(-c4cnc(N)c(OC(C)c5ccccn5)c4)cc32)C1. The van der Waals surface area contributed by atoms with Gasteiger partial charge in [-0.25, -0.2) is 9.78 Å². The van der Waals surface area contributed by atoms with E-state index in [0.29, 0.717) is 18.1 Å². The Balaban J connectivity index is 1.38. The van der Waals surface area contributed by atoms with Crippen molar-refractivity contribution < 1.29 is 9.53 Å². The number of nitrogens with zero attached hydrogens (tertiary/aromatic N) is 5. The van der Waals surface area contributed by atoms with Gasteiger partial charge in [0, 0.05) is 55.2 Å². The van der Waals surface area contributed by atoms with Crippen LogP contribution in [0, 0.1) is 0 Å². The fraction of sp³-hybridized carbons (Fsp3) is 0.417. The molecule has 3 aromatic rings. The number of aryl methyl sites for hydroxylation is 1. The van der Waals surface area contributed by atoms with Crippen LogP contribution in [-0.4, -0.2) is 50.3 Å². The molecule has 0 radical (unpaired) electrons. The number of likely N-dealkylation sites (tertiary alicyclic amines) is 1. The lowest BCUT2D eigenvalue weighted by Gasteiger charge is -2.23. The molecule has 2 aliphatic rings. The predicted octanol–water partition coefficient (Wildman–Crippen LogP) is 3.14. The Labute approximate surface area is 193 Å². The second-order valence-electron chi connectivity index (χ2n) is 8.80. The molecule has 5 heterocycles. The van der Waals surface area contributed by atoms with Gasteiger partial charge in [-0.2, -0.15) is 5.10 Å². The maximum Gasteiger partial charge on any atom is 0.317 e. The summed E-state index contributed by atoms with van der Waals surface area (Å²) in [6, 6.07) is 9.76. The number of anilines is 1. The number of hydrogen-bond acceptors (Lipinski definition) is 6. The Morgan fingerprint density at radius 2 is 2.12 bits per heavy atom. The summed E-state index contributed by atoms with van der Waals surface area (Å²) < 4.78 is 8.17. The third-order valence-corrected chi connectivity index (χ3v) is 6.68. The summed E-state index contributed by atoms with van der Waals surface area (Å²) in [6.07, 6.45) is 5.16. The van der Waals surface area contributed by atoms with Gasteiger partial charge in [-0.3, -0.25) is 9.67 Å². The number of rotatable bonds is 5. The van der Waals surface area contributed by atoms with E-state index < -0.39 is 0 Å². The molecule has 0 aliphatic carbocycles. The fourth-order valence-corrected chi connectivity index (χ4v) is 4.88. The van der Waals surface area contributed by atoms with E-state index in [-0.39, 0.29) is 17.6 Å². The van der Waals surface area contributed by atoms with E-state index in [1.54, 1.807) is 12.4 Å². The zero-order valence-electron chi connectivity index (χ0n) is 19.0. The minimum atomic E-state index is -0.264. The van der Waals surface area contributed by atoms with Gasteiger partial charge in [-0.15, -0.1) is 0 Å². The minimum absolute atomic E-state index is 0.0131. The van der Waals surface area contributed by atoms with E-state index >= 15 is 0 Å². The van der Waals surface area contributed by atoms with Crippen LogP contribution >= 0.6 is 0 Å².